The van der Waals surface area contributed by atoms with Gasteiger partial charge in [0.25, 0.3) is 0 Å². The van der Waals surface area contributed by atoms with Gasteiger partial charge >= 0.3 is 0 Å². The number of H-pyrrole nitrogens is 1. The molecule has 8 nitrogen and oxygen atoms in total. The summed E-state index contributed by atoms with van der Waals surface area (Å²) in [6.45, 7) is 4.61. The molecule has 2 aromatic carbocycles. The maximum Gasteiger partial charge on any atom is 0.173 e. The Hall–Kier alpha value is -3.72. The van der Waals surface area contributed by atoms with E-state index in [0.717, 1.165) is 29.7 Å². The Balaban J connectivity index is 1.40. The summed E-state index contributed by atoms with van der Waals surface area (Å²) in [7, 11) is 1.65. The molecule has 0 bridgehead atoms. The lowest BCUT2D eigenvalue weighted by Crippen LogP contribution is -2.23. The van der Waals surface area contributed by atoms with E-state index in [1.807, 2.05) is 36.6 Å². The van der Waals surface area contributed by atoms with Crippen molar-refractivity contribution in [1.29, 1.82) is 5.41 Å². The average Bonchev–Trinajstić information content (AvgIpc) is 3.57. The summed E-state index contributed by atoms with van der Waals surface area (Å²) >= 11 is 0. The number of aromatic amines is 1. The molecular formula is C28H32FN5O3. The van der Waals surface area contributed by atoms with E-state index in [1.54, 1.807) is 25.6 Å². The van der Waals surface area contributed by atoms with Gasteiger partial charge in [-0.1, -0.05) is 18.2 Å². The van der Waals surface area contributed by atoms with Crippen LogP contribution in [0.3, 0.4) is 0 Å². The molecule has 1 aliphatic rings. The van der Waals surface area contributed by atoms with Crippen LogP contribution in [0.25, 0.3) is 11.2 Å². The molecule has 1 aliphatic carbocycles. The van der Waals surface area contributed by atoms with E-state index < -0.39 is 5.60 Å². The Morgan fingerprint density at radius 2 is 1.81 bits per heavy atom. The zero-order valence-electron chi connectivity index (χ0n) is 21.4. The van der Waals surface area contributed by atoms with E-state index >= 15 is 0 Å². The largest absolute Gasteiger partial charge is 0.493 e. The molecule has 194 valence electrons. The number of imidazole rings is 1. The van der Waals surface area contributed by atoms with Gasteiger partial charge in [0.15, 0.2) is 22.6 Å². The highest BCUT2D eigenvalue weighted by Crippen LogP contribution is 2.33. The summed E-state index contributed by atoms with van der Waals surface area (Å²) < 4.78 is 33.1. The van der Waals surface area contributed by atoms with Crippen molar-refractivity contribution in [3.63, 3.8) is 0 Å². The maximum atomic E-state index is 13.2. The molecule has 5 rings (SSSR count). The number of rotatable bonds is 9. The number of nitrogens with one attached hydrogen (secondary N) is 2. The molecule has 37 heavy (non-hydrogen) atoms. The van der Waals surface area contributed by atoms with Gasteiger partial charge in [0, 0.05) is 0 Å². The second-order valence-electron chi connectivity index (χ2n) is 9.94. The lowest BCUT2D eigenvalue weighted by Gasteiger charge is -2.23. The van der Waals surface area contributed by atoms with Crippen LogP contribution >= 0.6 is 0 Å². The van der Waals surface area contributed by atoms with Crippen molar-refractivity contribution in [3.8, 4) is 11.5 Å². The molecule has 0 spiro atoms. The number of aromatic nitrogens is 4. The van der Waals surface area contributed by atoms with E-state index in [4.69, 9.17) is 24.6 Å². The Morgan fingerprint density at radius 3 is 2.54 bits per heavy atom. The quantitative estimate of drug-likeness (QED) is 0.326. The average molecular weight is 506 g/mol. The van der Waals surface area contributed by atoms with E-state index in [0.29, 0.717) is 35.9 Å². The summed E-state index contributed by atoms with van der Waals surface area (Å²) in [5.41, 5.74) is 2.35. The predicted octanol–water partition coefficient (Wildman–Crippen LogP) is 5.21. The highest BCUT2D eigenvalue weighted by molar-refractivity contribution is 5.69. The van der Waals surface area contributed by atoms with Gasteiger partial charge in [0.05, 0.1) is 32.7 Å². The first-order valence-electron chi connectivity index (χ1n) is 12.5. The van der Waals surface area contributed by atoms with Crippen LogP contribution in [0.4, 0.5) is 4.39 Å². The minimum atomic E-state index is -0.778. The molecule has 1 saturated carbocycles. The molecule has 4 aromatic rings. The number of benzene rings is 2. The first-order valence-corrected chi connectivity index (χ1v) is 12.5. The Bertz CT molecular complexity index is 1440. The third-order valence-electron chi connectivity index (χ3n) is 6.78. The number of methoxy groups -OCH3 is 1. The van der Waals surface area contributed by atoms with Gasteiger partial charge in [-0.15, -0.1) is 0 Å². The lowest BCUT2D eigenvalue weighted by atomic mass is 10.1. The first kappa shape index (κ1) is 25.0. The molecular weight excluding hydrogens is 473 g/mol. The van der Waals surface area contributed by atoms with Gasteiger partial charge < -0.3 is 23.8 Å². The normalized spacial score (nSPS) is 14.4. The molecule has 0 amide bonds. The topological polar surface area (TPSA) is 98.0 Å². The minimum absolute atomic E-state index is 0.110. The van der Waals surface area contributed by atoms with Crippen molar-refractivity contribution >= 4 is 11.2 Å². The molecule has 0 aliphatic heterocycles. The van der Waals surface area contributed by atoms with Crippen LogP contribution in [0, 0.1) is 11.2 Å². The van der Waals surface area contributed by atoms with Gasteiger partial charge in [-0.2, -0.15) is 0 Å². The highest BCUT2D eigenvalue weighted by Gasteiger charge is 2.27. The van der Waals surface area contributed by atoms with Gasteiger partial charge in [-0.05, 0) is 74.9 Å². The van der Waals surface area contributed by atoms with Crippen LogP contribution in [0.5, 0.6) is 11.5 Å². The number of hydrogen-bond donors (Lipinski definition) is 2. The Kier molecular flexibility index (Phi) is 6.97. The summed E-state index contributed by atoms with van der Waals surface area (Å²) in [5, 5.41) is 8.32. The smallest absolute Gasteiger partial charge is 0.173 e. The molecule has 0 unspecified atom stereocenters. The minimum Gasteiger partial charge on any atom is -0.493 e. The molecule has 0 radical (unpaired) electrons. The molecule has 0 saturated heterocycles. The van der Waals surface area contributed by atoms with Gasteiger partial charge in [-0.25, -0.2) is 14.4 Å². The lowest BCUT2D eigenvalue weighted by molar-refractivity contribution is -0.0393. The van der Waals surface area contributed by atoms with Crippen molar-refractivity contribution in [3.05, 3.63) is 77.0 Å². The van der Waals surface area contributed by atoms with Crippen molar-refractivity contribution in [1.82, 2.24) is 19.5 Å². The second kappa shape index (κ2) is 10.3. The standard InChI is InChI=1S/C28H32FN5O3/c1-28(2,36-16-18-8-11-20(29)12-9-18)27-32-24-25(30)31-17-34(26(24)33-27)15-19-10-13-22(35-3)23(14-19)37-21-6-4-5-7-21/h8-14,17,21,30H,4-7,15-16H2,1-3H3,(H,32,33). The SMILES string of the molecule is COc1ccc(Cn2cnc(=N)c3[nH]c(C(C)(C)OCc4ccc(F)cc4)nc32)cc1OC1CCCC1. The van der Waals surface area contributed by atoms with Crippen LogP contribution < -0.4 is 15.0 Å². The number of hydrogen-bond acceptors (Lipinski definition) is 6. The van der Waals surface area contributed by atoms with Crippen molar-refractivity contribution in [2.45, 2.75) is 64.4 Å². The van der Waals surface area contributed by atoms with Crippen LogP contribution in [0.1, 0.15) is 56.5 Å². The number of ether oxygens (including phenoxy) is 3. The zero-order chi connectivity index (χ0) is 26.0. The van der Waals surface area contributed by atoms with Crippen LogP contribution in [-0.2, 0) is 23.5 Å². The van der Waals surface area contributed by atoms with Crippen LogP contribution in [0.15, 0.2) is 48.8 Å². The highest BCUT2D eigenvalue weighted by atomic mass is 19.1. The van der Waals surface area contributed by atoms with Gasteiger partial charge in [0.2, 0.25) is 0 Å². The molecule has 2 aromatic heterocycles. The molecule has 0 atom stereocenters. The van der Waals surface area contributed by atoms with Gasteiger partial charge in [-0.3, -0.25) is 5.41 Å². The van der Waals surface area contributed by atoms with Crippen LogP contribution in [-0.4, -0.2) is 32.7 Å². The van der Waals surface area contributed by atoms with E-state index in [1.165, 1.54) is 25.0 Å². The molecule has 9 heteroatoms. The van der Waals surface area contributed by atoms with Crippen LogP contribution in [0.2, 0.25) is 0 Å². The van der Waals surface area contributed by atoms with Crippen molar-refractivity contribution in [2.75, 3.05) is 7.11 Å². The summed E-state index contributed by atoms with van der Waals surface area (Å²) in [6, 6.07) is 12.2. The van der Waals surface area contributed by atoms with E-state index in [-0.39, 0.29) is 17.4 Å². The third-order valence-corrected chi connectivity index (χ3v) is 6.78. The monoisotopic (exact) mass is 505 g/mol. The number of halogens is 1. The van der Waals surface area contributed by atoms with Gasteiger partial charge in [0.1, 0.15) is 22.8 Å². The third kappa shape index (κ3) is 5.51. The van der Waals surface area contributed by atoms with Crippen molar-refractivity contribution < 1.29 is 18.6 Å². The fourth-order valence-electron chi connectivity index (χ4n) is 4.59. The fourth-order valence-corrected chi connectivity index (χ4v) is 4.59. The Morgan fingerprint density at radius 1 is 1.08 bits per heavy atom. The molecule has 2 heterocycles. The van der Waals surface area contributed by atoms with Crippen molar-refractivity contribution in [2.24, 2.45) is 0 Å². The zero-order valence-corrected chi connectivity index (χ0v) is 21.4. The number of nitrogens with zero attached hydrogens (tertiary/aromatic N) is 3. The summed E-state index contributed by atoms with van der Waals surface area (Å²) in [6.07, 6.45) is 6.36. The predicted molar refractivity (Wildman–Crippen MR) is 137 cm³/mol. The number of fused-ring (bicyclic) bond motifs is 1. The van der Waals surface area contributed by atoms with E-state index in [2.05, 4.69) is 9.97 Å². The first-order chi connectivity index (χ1) is 17.8. The second-order valence-corrected chi connectivity index (χ2v) is 9.94. The maximum absolute atomic E-state index is 13.2. The molecule has 1 fully saturated rings. The van der Waals surface area contributed by atoms with E-state index in [9.17, 15) is 4.39 Å². The molecule has 2 N–H and O–H groups in total. The Labute approximate surface area is 215 Å². The fraction of sp³-hybridized carbons (Fsp3) is 0.393. The summed E-state index contributed by atoms with van der Waals surface area (Å²) in [4.78, 5) is 12.3. The summed E-state index contributed by atoms with van der Waals surface area (Å²) in [5.74, 6) is 1.76.